The summed E-state index contributed by atoms with van der Waals surface area (Å²) in [6, 6.07) is 4.45. The van der Waals surface area contributed by atoms with Crippen molar-refractivity contribution < 1.29 is 9.18 Å². The Morgan fingerprint density at radius 1 is 1.22 bits per heavy atom. The average molecular weight is 371 g/mol. The number of rotatable bonds is 3. The van der Waals surface area contributed by atoms with Crippen molar-refractivity contribution in [3.05, 3.63) is 47.0 Å². The van der Waals surface area contributed by atoms with Gasteiger partial charge in [-0.2, -0.15) is 5.10 Å². The summed E-state index contributed by atoms with van der Waals surface area (Å²) in [6.07, 6.45) is 4.79. The first-order valence-electron chi connectivity index (χ1n) is 9.57. The van der Waals surface area contributed by atoms with E-state index in [1.165, 1.54) is 12.1 Å². The van der Waals surface area contributed by atoms with Crippen LogP contribution in [0.2, 0.25) is 0 Å². The lowest BCUT2D eigenvalue weighted by Crippen LogP contribution is -2.45. The van der Waals surface area contributed by atoms with Gasteiger partial charge < -0.3 is 15.1 Å². The summed E-state index contributed by atoms with van der Waals surface area (Å²) in [5.74, 6) is -0.603. The van der Waals surface area contributed by atoms with Gasteiger partial charge in [0.1, 0.15) is 5.82 Å². The molecule has 2 aliphatic rings. The first kappa shape index (κ1) is 18.0. The minimum Gasteiger partial charge on any atom is -0.368 e. The predicted octanol–water partition coefficient (Wildman–Crippen LogP) is 2.12. The molecule has 1 fully saturated rings. The van der Waals surface area contributed by atoms with Crippen molar-refractivity contribution in [2.45, 2.75) is 25.3 Å². The van der Waals surface area contributed by atoms with E-state index in [9.17, 15) is 9.18 Å². The zero-order valence-electron chi connectivity index (χ0n) is 15.9. The molecule has 1 saturated heterocycles. The number of piperazine rings is 1. The second-order valence-electron chi connectivity index (χ2n) is 7.57. The number of aromatic nitrogens is 2. The van der Waals surface area contributed by atoms with E-state index in [0.717, 1.165) is 62.4 Å². The second-order valence-corrected chi connectivity index (χ2v) is 7.57. The third kappa shape index (κ3) is 3.69. The molecule has 1 aromatic heterocycles. The molecular formula is C20H26FN5O. The number of carbonyl (C=O) groups excluding carboxylic acids is 1. The molecule has 1 unspecified atom stereocenters. The van der Waals surface area contributed by atoms with Crippen LogP contribution in [0.25, 0.3) is 0 Å². The number of halogens is 1. The maximum atomic E-state index is 13.9. The number of benzene rings is 1. The highest BCUT2D eigenvalue weighted by Crippen LogP contribution is 2.30. The van der Waals surface area contributed by atoms with Gasteiger partial charge in [0.2, 0.25) is 0 Å². The van der Waals surface area contributed by atoms with Crippen molar-refractivity contribution in [3.63, 3.8) is 0 Å². The molecule has 6 nitrogen and oxygen atoms in total. The molecule has 1 atom stereocenters. The van der Waals surface area contributed by atoms with Crippen LogP contribution in [-0.4, -0.2) is 53.8 Å². The van der Waals surface area contributed by atoms with Crippen molar-refractivity contribution in [1.29, 1.82) is 0 Å². The number of hydrogen-bond acceptors (Lipinski definition) is 4. The van der Waals surface area contributed by atoms with E-state index in [-0.39, 0.29) is 17.8 Å². The standard InChI is InChI=1S/C20H26FN5O/c1-24-8-10-26(11-9-24)19-7-6-14(21)12-15(19)20(27)22-17-4-3-5-18-16(17)13-25(2)23-18/h6-7,12-13,17H,3-5,8-11H2,1-2H3,(H,22,27). The van der Waals surface area contributed by atoms with Crippen molar-refractivity contribution in [2.24, 2.45) is 7.05 Å². The van der Waals surface area contributed by atoms with E-state index in [4.69, 9.17) is 0 Å². The van der Waals surface area contributed by atoms with Crippen molar-refractivity contribution >= 4 is 11.6 Å². The molecule has 7 heteroatoms. The number of aryl methyl sites for hydroxylation is 2. The van der Waals surface area contributed by atoms with E-state index >= 15 is 0 Å². The Morgan fingerprint density at radius 2 is 2.00 bits per heavy atom. The Bertz CT molecular complexity index is 841. The Morgan fingerprint density at radius 3 is 2.78 bits per heavy atom. The van der Waals surface area contributed by atoms with Gasteiger partial charge in [-0.15, -0.1) is 0 Å². The quantitative estimate of drug-likeness (QED) is 0.898. The van der Waals surface area contributed by atoms with Crippen LogP contribution >= 0.6 is 0 Å². The molecule has 1 N–H and O–H groups in total. The molecule has 2 heterocycles. The molecule has 0 bridgehead atoms. The first-order valence-corrected chi connectivity index (χ1v) is 9.57. The van der Waals surface area contributed by atoms with Gasteiger partial charge >= 0.3 is 0 Å². The maximum absolute atomic E-state index is 13.9. The Balaban J connectivity index is 1.58. The van der Waals surface area contributed by atoms with Crippen LogP contribution in [0, 0.1) is 5.82 Å². The highest BCUT2D eigenvalue weighted by molar-refractivity contribution is 6.00. The zero-order valence-corrected chi connectivity index (χ0v) is 15.9. The summed E-state index contributed by atoms with van der Waals surface area (Å²) in [6.45, 7) is 3.53. The van der Waals surface area contributed by atoms with Crippen LogP contribution in [0.5, 0.6) is 0 Å². The lowest BCUT2D eigenvalue weighted by Gasteiger charge is -2.35. The summed E-state index contributed by atoms with van der Waals surface area (Å²) in [5, 5.41) is 7.61. The summed E-state index contributed by atoms with van der Waals surface area (Å²) in [5.41, 5.74) is 3.35. The number of fused-ring (bicyclic) bond motifs is 1. The van der Waals surface area contributed by atoms with Gasteiger partial charge in [0.05, 0.1) is 17.3 Å². The number of anilines is 1. The fourth-order valence-electron chi connectivity index (χ4n) is 4.07. The highest BCUT2D eigenvalue weighted by atomic mass is 19.1. The monoisotopic (exact) mass is 371 g/mol. The topological polar surface area (TPSA) is 53.4 Å². The molecular weight excluding hydrogens is 345 g/mol. The summed E-state index contributed by atoms with van der Waals surface area (Å²) in [4.78, 5) is 17.5. The largest absolute Gasteiger partial charge is 0.368 e. The number of hydrogen-bond donors (Lipinski definition) is 1. The number of nitrogens with one attached hydrogen (secondary N) is 1. The second kappa shape index (κ2) is 7.31. The van der Waals surface area contributed by atoms with Crippen LogP contribution in [0.4, 0.5) is 10.1 Å². The molecule has 0 spiro atoms. The number of nitrogens with zero attached hydrogens (tertiary/aromatic N) is 4. The molecule has 144 valence electrons. The number of likely N-dealkylation sites (N-methyl/N-ethyl adjacent to an activating group) is 1. The predicted molar refractivity (Wildman–Crippen MR) is 102 cm³/mol. The van der Waals surface area contributed by atoms with Gasteiger partial charge in [-0.05, 0) is 44.5 Å². The normalized spacial score (nSPS) is 20.4. The summed E-state index contributed by atoms with van der Waals surface area (Å²) < 4.78 is 15.7. The lowest BCUT2D eigenvalue weighted by molar-refractivity contribution is 0.0932. The minimum absolute atomic E-state index is 0.0708. The fraction of sp³-hybridized carbons (Fsp3) is 0.500. The zero-order chi connectivity index (χ0) is 19.0. The van der Waals surface area contributed by atoms with Crippen LogP contribution in [-0.2, 0) is 13.5 Å². The van der Waals surface area contributed by atoms with E-state index < -0.39 is 0 Å². The van der Waals surface area contributed by atoms with Gasteiger partial charge in [-0.25, -0.2) is 4.39 Å². The van der Waals surface area contributed by atoms with Crippen LogP contribution in [0.3, 0.4) is 0 Å². The Kier molecular flexibility index (Phi) is 4.86. The lowest BCUT2D eigenvalue weighted by atomic mass is 9.93. The van der Waals surface area contributed by atoms with E-state index in [2.05, 4.69) is 27.3 Å². The first-order chi connectivity index (χ1) is 13.0. The van der Waals surface area contributed by atoms with Crippen molar-refractivity contribution in [3.8, 4) is 0 Å². The molecule has 1 aromatic carbocycles. The van der Waals surface area contributed by atoms with E-state index in [1.807, 2.05) is 13.2 Å². The third-order valence-corrected chi connectivity index (χ3v) is 5.57. The fourth-order valence-corrected chi connectivity index (χ4v) is 4.07. The average Bonchev–Trinajstić information content (AvgIpc) is 3.04. The molecule has 1 aliphatic heterocycles. The third-order valence-electron chi connectivity index (χ3n) is 5.57. The summed E-state index contributed by atoms with van der Waals surface area (Å²) >= 11 is 0. The minimum atomic E-state index is -0.385. The van der Waals surface area contributed by atoms with Gasteiger partial charge in [0, 0.05) is 50.7 Å². The molecule has 1 aliphatic carbocycles. The van der Waals surface area contributed by atoms with Crippen LogP contribution in [0.1, 0.15) is 40.5 Å². The van der Waals surface area contributed by atoms with Gasteiger partial charge in [0.25, 0.3) is 5.91 Å². The van der Waals surface area contributed by atoms with Crippen molar-refractivity contribution in [2.75, 3.05) is 38.1 Å². The van der Waals surface area contributed by atoms with E-state index in [1.54, 1.807) is 10.7 Å². The number of amides is 1. The SMILES string of the molecule is CN1CCN(c2ccc(F)cc2C(=O)NC2CCCc3nn(C)cc32)CC1. The summed E-state index contributed by atoms with van der Waals surface area (Å²) in [7, 11) is 3.99. The van der Waals surface area contributed by atoms with Crippen LogP contribution in [0.15, 0.2) is 24.4 Å². The molecule has 1 amide bonds. The number of carbonyl (C=O) groups is 1. The smallest absolute Gasteiger partial charge is 0.253 e. The van der Waals surface area contributed by atoms with Gasteiger partial charge in [-0.3, -0.25) is 9.48 Å². The van der Waals surface area contributed by atoms with Gasteiger partial charge in [-0.1, -0.05) is 0 Å². The van der Waals surface area contributed by atoms with Crippen LogP contribution < -0.4 is 10.2 Å². The molecule has 4 rings (SSSR count). The van der Waals surface area contributed by atoms with Gasteiger partial charge in [0.15, 0.2) is 0 Å². The molecule has 27 heavy (non-hydrogen) atoms. The molecule has 0 radical (unpaired) electrons. The maximum Gasteiger partial charge on any atom is 0.253 e. The highest BCUT2D eigenvalue weighted by Gasteiger charge is 2.27. The molecule has 2 aromatic rings. The molecule has 0 saturated carbocycles. The van der Waals surface area contributed by atoms with E-state index in [0.29, 0.717) is 5.56 Å². The Labute approximate surface area is 158 Å². The Hall–Kier alpha value is -2.41. The van der Waals surface area contributed by atoms with Crippen molar-refractivity contribution in [1.82, 2.24) is 20.0 Å².